The van der Waals surface area contributed by atoms with E-state index in [1.54, 1.807) is 10.9 Å². The number of nitrogens with one attached hydrogen (secondary N) is 3. The number of urea groups is 1. The predicted octanol–water partition coefficient (Wildman–Crippen LogP) is 2.00. The number of fused-ring (bicyclic) bond motifs is 2. The molecule has 4 heterocycles. The van der Waals surface area contributed by atoms with E-state index in [4.69, 9.17) is 14.2 Å². The number of aliphatic carboxylic acids is 1. The minimum Gasteiger partial charge on any atom is -0.481 e. The number of carbonyl (C=O) groups excluding carboxylic acids is 1. The minimum absolute atomic E-state index is 0.123. The molecule has 4 N–H and O–H groups in total. The largest absolute Gasteiger partial charge is 0.481 e. The summed E-state index contributed by atoms with van der Waals surface area (Å²) in [6.07, 6.45) is 5.08. The number of carboxylic acids is 1. The van der Waals surface area contributed by atoms with E-state index in [2.05, 4.69) is 30.9 Å². The highest BCUT2D eigenvalue weighted by molar-refractivity contribution is 5.95. The summed E-state index contributed by atoms with van der Waals surface area (Å²) in [7, 11) is 0. The first-order valence-corrected chi connectivity index (χ1v) is 13.4. The number of aromatic nitrogens is 4. The minimum atomic E-state index is -0.750. The molecule has 1 saturated carbocycles. The molecule has 13 heteroatoms. The third-order valence-electron chi connectivity index (χ3n) is 7.31. The molecule has 0 bridgehead atoms. The highest BCUT2D eigenvalue weighted by Crippen LogP contribution is 2.41. The molecular formula is C27H31N7O6. The number of rotatable bonds is 10. The quantitative estimate of drug-likeness (QED) is 0.294. The van der Waals surface area contributed by atoms with Gasteiger partial charge in [-0.1, -0.05) is 36.4 Å². The van der Waals surface area contributed by atoms with Crippen molar-refractivity contribution in [1.29, 1.82) is 0 Å². The number of benzene rings is 1. The lowest BCUT2D eigenvalue weighted by Gasteiger charge is -2.20. The number of anilines is 1. The Balaban J connectivity index is 1.21. The summed E-state index contributed by atoms with van der Waals surface area (Å²) in [5.74, 6) is -0.625. The number of amides is 2. The number of nitrogens with zero attached hydrogens (tertiary/aromatic N) is 4. The molecule has 7 atom stereocenters. The van der Waals surface area contributed by atoms with E-state index < -0.39 is 24.6 Å². The van der Waals surface area contributed by atoms with Gasteiger partial charge in [-0.05, 0) is 37.4 Å². The van der Waals surface area contributed by atoms with Crippen LogP contribution in [0.2, 0.25) is 0 Å². The van der Waals surface area contributed by atoms with Crippen molar-refractivity contribution in [2.45, 2.75) is 44.2 Å². The Morgan fingerprint density at radius 1 is 1.10 bits per heavy atom. The van der Waals surface area contributed by atoms with Gasteiger partial charge < -0.3 is 30.0 Å². The van der Waals surface area contributed by atoms with Crippen molar-refractivity contribution in [1.82, 2.24) is 30.2 Å². The lowest BCUT2D eigenvalue weighted by atomic mass is 10.1. The molecule has 2 aromatic heterocycles. The van der Waals surface area contributed by atoms with Crippen LogP contribution in [-0.2, 0) is 19.0 Å². The molecule has 2 amide bonds. The van der Waals surface area contributed by atoms with Gasteiger partial charge in [0.05, 0.1) is 12.2 Å². The molecule has 3 aliphatic rings. The van der Waals surface area contributed by atoms with Crippen molar-refractivity contribution in [2.24, 2.45) is 11.8 Å². The zero-order valence-corrected chi connectivity index (χ0v) is 21.8. The van der Waals surface area contributed by atoms with Crippen molar-refractivity contribution in [3.8, 4) is 0 Å². The number of hydrogen-bond donors (Lipinski definition) is 4. The summed E-state index contributed by atoms with van der Waals surface area (Å²) < 4.78 is 20.8. The Hall–Kier alpha value is -3.91. The molecule has 40 heavy (non-hydrogen) atoms. The number of carboxylic acid groups (broad SMARTS) is 1. The summed E-state index contributed by atoms with van der Waals surface area (Å²) in [5.41, 5.74) is 1.93. The van der Waals surface area contributed by atoms with E-state index in [1.165, 1.54) is 6.33 Å². The predicted molar refractivity (Wildman–Crippen MR) is 143 cm³/mol. The van der Waals surface area contributed by atoms with Crippen molar-refractivity contribution >= 4 is 35.1 Å². The first-order chi connectivity index (χ1) is 19.5. The molecule has 1 aromatic carbocycles. The van der Waals surface area contributed by atoms with Crippen LogP contribution in [0.1, 0.15) is 25.1 Å². The Morgan fingerprint density at radius 3 is 2.70 bits per heavy atom. The molecule has 6 rings (SSSR count). The Kier molecular flexibility index (Phi) is 7.43. The van der Waals surface area contributed by atoms with Gasteiger partial charge in [0.15, 0.2) is 29.5 Å². The van der Waals surface area contributed by atoms with E-state index in [9.17, 15) is 14.7 Å². The van der Waals surface area contributed by atoms with Crippen LogP contribution < -0.4 is 16.0 Å². The topological polar surface area (TPSA) is 162 Å². The van der Waals surface area contributed by atoms with Crippen LogP contribution in [0.15, 0.2) is 49.1 Å². The van der Waals surface area contributed by atoms with E-state index in [1.807, 2.05) is 49.4 Å². The first-order valence-electron chi connectivity index (χ1n) is 13.4. The lowest BCUT2D eigenvalue weighted by Crippen LogP contribution is -2.37. The Labute approximate surface area is 229 Å². The monoisotopic (exact) mass is 549 g/mol. The first kappa shape index (κ1) is 26.3. The summed E-state index contributed by atoms with van der Waals surface area (Å²) in [6.45, 7) is 3.35. The summed E-state index contributed by atoms with van der Waals surface area (Å²) in [5, 5.41) is 17.9. The van der Waals surface area contributed by atoms with Crippen LogP contribution in [0.25, 0.3) is 17.2 Å². The molecule has 3 aromatic rings. The van der Waals surface area contributed by atoms with Crippen LogP contribution >= 0.6 is 0 Å². The van der Waals surface area contributed by atoms with E-state index >= 15 is 0 Å². The highest BCUT2D eigenvalue weighted by atomic mass is 16.8. The van der Waals surface area contributed by atoms with Gasteiger partial charge in [-0.15, -0.1) is 0 Å². The molecule has 2 aliphatic heterocycles. The zero-order valence-electron chi connectivity index (χ0n) is 21.8. The van der Waals surface area contributed by atoms with Crippen LogP contribution in [0.3, 0.4) is 0 Å². The highest BCUT2D eigenvalue weighted by Gasteiger charge is 2.53. The van der Waals surface area contributed by atoms with Gasteiger partial charge in [-0.3, -0.25) is 14.7 Å². The maximum atomic E-state index is 12.1. The maximum Gasteiger partial charge on any atom is 0.320 e. The standard InChI is InChI=1S/C27H31N7O6/c1-2-29-27(37)33-23-20-24(31-13-30-23)34(14-32-20)25-22-21(18(38-25)12-28-11-16-10-17(16)26(35)36)39-19(40-22)9-8-15-6-4-3-5-7-15/h3-9,13-14,16-19,21-22,25,28H,2,10-12H2,1H3,(H,35,36)(H2,29,30,31,33,37)/b9-8+. The number of carbonyl (C=O) groups is 2. The zero-order chi connectivity index (χ0) is 27.6. The normalized spacial score (nSPS) is 29.1. The molecular weight excluding hydrogens is 518 g/mol. The second kappa shape index (κ2) is 11.3. The fourth-order valence-electron chi connectivity index (χ4n) is 5.22. The van der Waals surface area contributed by atoms with Gasteiger partial charge in [0.1, 0.15) is 24.6 Å². The summed E-state index contributed by atoms with van der Waals surface area (Å²) >= 11 is 0. The fraction of sp³-hybridized carbons (Fsp3) is 0.444. The lowest BCUT2D eigenvalue weighted by molar-refractivity contribution is -0.138. The molecule has 13 nitrogen and oxygen atoms in total. The molecule has 7 unspecified atom stereocenters. The van der Waals surface area contributed by atoms with Gasteiger partial charge in [-0.25, -0.2) is 19.7 Å². The number of hydrogen-bond acceptors (Lipinski definition) is 9. The van der Waals surface area contributed by atoms with Crippen LogP contribution in [0.5, 0.6) is 0 Å². The molecule has 0 radical (unpaired) electrons. The smallest absolute Gasteiger partial charge is 0.320 e. The van der Waals surface area contributed by atoms with Gasteiger partial charge in [0.25, 0.3) is 0 Å². The molecule has 0 spiro atoms. The third kappa shape index (κ3) is 5.41. The Bertz CT molecular complexity index is 1400. The van der Waals surface area contributed by atoms with Gasteiger partial charge in [0.2, 0.25) is 0 Å². The van der Waals surface area contributed by atoms with Crippen LogP contribution in [-0.4, -0.2) is 80.9 Å². The van der Waals surface area contributed by atoms with Gasteiger partial charge >= 0.3 is 12.0 Å². The second-order valence-corrected chi connectivity index (χ2v) is 10.0. The molecule has 2 saturated heterocycles. The van der Waals surface area contributed by atoms with E-state index in [-0.39, 0.29) is 35.9 Å². The Morgan fingerprint density at radius 2 is 1.93 bits per heavy atom. The summed E-state index contributed by atoms with van der Waals surface area (Å²) in [6, 6.07) is 9.49. The average molecular weight is 550 g/mol. The SMILES string of the molecule is CCNC(=O)Nc1ncnc2c1ncn2C1OC(CNCC2CC2C(=O)O)C2OC(/C=C/c3ccccc3)OC21. The van der Waals surface area contributed by atoms with Gasteiger partial charge in [0, 0.05) is 13.1 Å². The second-order valence-electron chi connectivity index (χ2n) is 10.0. The van der Waals surface area contributed by atoms with Gasteiger partial charge in [-0.2, -0.15) is 0 Å². The fourth-order valence-corrected chi connectivity index (χ4v) is 5.22. The molecule has 3 fully saturated rings. The average Bonchev–Trinajstić information content (AvgIpc) is 3.25. The van der Waals surface area contributed by atoms with Crippen molar-refractivity contribution in [3.05, 3.63) is 54.6 Å². The van der Waals surface area contributed by atoms with Crippen LogP contribution in [0, 0.1) is 11.8 Å². The van der Waals surface area contributed by atoms with E-state index in [0.717, 1.165) is 5.56 Å². The number of imidazole rings is 1. The third-order valence-corrected chi connectivity index (χ3v) is 7.31. The van der Waals surface area contributed by atoms with E-state index in [0.29, 0.717) is 37.2 Å². The summed E-state index contributed by atoms with van der Waals surface area (Å²) in [4.78, 5) is 36.3. The molecule has 1 aliphatic carbocycles. The van der Waals surface area contributed by atoms with Crippen molar-refractivity contribution < 1.29 is 28.9 Å². The molecule has 210 valence electrons. The maximum absolute atomic E-state index is 12.1. The van der Waals surface area contributed by atoms with Crippen molar-refractivity contribution in [3.63, 3.8) is 0 Å². The van der Waals surface area contributed by atoms with Crippen LogP contribution in [0.4, 0.5) is 10.6 Å². The number of ether oxygens (including phenoxy) is 3. The van der Waals surface area contributed by atoms with Crippen molar-refractivity contribution in [2.75, 3.05) is 25.0 Å².